The van der Waals surface area contributed by atoms with Gasteiger partial charge >= 0.3 is 7.40 Å². The van der Waals surface area contributed by atoms with Gasteiger partial charge < -0.3 is 16.2 Å². The van der Waals surface area contributed by atoms with Crippen molar-refractivity contribution in [2.24, 2.45) is 5.73 Å². The molecule has 0 radical (unpaired) electrons. The summed E-state index contributed by atoms with van der Waals surface area (Å²) < 4.78 is 1.77. The van der Waals surface area contributed by atoms with E-state index in [-0.39, 0.29) is 48.4 Å². The molecule has 1 fully saturated rings. The van der Waals surface area contributed by atoms with Gasteiger partial charge in [0.15, 0.2) is 24.5 Å². The number of hydrogen-bond acceptors (Lipinski definition) is 3. The van der Waals surface area contributed by atoms with Gasteiger partial charge in [0.2, 0.25) is 5.91 Å². The van der Waals surface area contributed by atoms with Crippen LogP contribution in [0.4, 0.5) is 0 Å². The predicted octanol–water partition coefficient (Wildman–Crippen LogP) is -0.0870. The van der Waals surface area contributed by atoms with Crippen LogP contribution in [-0.4, -0.2) is 28.6 Å². The summed E-state index contributed by atoms with van der Waals surface area (Å²) in [6, 6.07) is 4.61. The molecular formula is C11H17Br2N3O3+2. The fraction of sp³-hybridized carbons (Fsp3) is 0.364. The van der Waals surface area contributed by atoms with E-state index < -0.39 is 23.5 Å². The number of carbonyl (C=O) groups excluding carboxylic acids is 1. The van der Waals surface area contributed by atoms with Crippen LogP contribution in [0.3, 0.4) is 0 Å². The lowest BCUT2D eigenvalue weighted by Crippen LogP contribution is -2.57. The molecule has 0 spiro atoms. The molecule has 0 saturated carbocycles. The highest BCUT2D eigenvalue weighted by molar-refractivity contribution is 8.93. The molecule has 1 aliphatic rings. The summed E-state index contributed by atoms with van der Waals surface area (Å²) in [6.45, 7) is 0.267. The molecule has 2 atom stereocenters. The first-order chi connectivity index (χ1) is 8.01. The standard InChI is InChI=1S/C11H13N3O3.2BrH/c12-11(7-14-4-2-1-3-5-14)6-8(9(15)16)13-10(11)17;;/h1-5,8H,6-7,12H2,(H-,13,15,16,17);2*1H/p+2. The molecule has 19 heavy (non-hydrogen) atoms. The van der Waals surface area contributed by atoms with Crippen molar-refractivity contribution in [3.63, 3.8) is 0 Å². The van der Waals surface area contributed by atoms with Crippen LogP contribution < -0.4 is 15.6 Å². The Hall–Kier alpha value is -0.990. The maximum Gasteiger partial charge on any atom is 1.00 e. The number of amides is 1. The van der Waals surface area contributed by atoms with Crippen molar-refractivity contribution in [2.75, 3.05) is 0 Å². The summed E-state index contributed by atoms with van der Waals surface area (Å²) in [5, 5.41) is 11.2. The van der Waals surface area contributed by atoms with Gasteiger partial charge in [-0.25, -0.2) is 9.36 Å². The second-order valence-electron chi connectivity index (χ2n) is 4.27. The molecule has 1 saturated heterocycles. The zero-order valence-corrected chi connectivity index (χ0v) is 13.4. The molecule has 2 unspecified atom stereocenters. The van der Waals surface area contributed by atoms with Crippen molar-refractivity contribution in [3.8, 4) is 0 Å². The largest absolute Gasteiger partial charge is 1.00 e. The Morgan fingerprint density at radius 3 is 2.53 bits per heavy atom. The minimum absolute atomic E-state index is 0. The molecule has 4 N–H and O–H groups in total. The zero-order chi connectivity index (χ0) is 12.5. The number of carbonyl (C=O) groups is 2. The first kappa shape index (κ1) is 18.0. The molecule has 2 rings (SSSR count). The number of nitrogens with two attached hydrogens (primary N) is 1. The molecule has 0 aromatic carbocycles. The monoisotopic (exact) mass is 397 g/mol. The molecule has 106 valence electrons. The maximum absolute atomic E-state index is 11.7. The number of pyridine rings is 1. The van der Waals surface area contributed by atoms with E-state index in [0.29, 0.717) is 0 Å². The summed E-state index contributed by atoms with van der Waals surface area (Å²) in [5.41, 5.74) is 4.81. The zero-order valence-electron chi connectivity index (χ0n) is 11.0. The molecule has 6 nitrogen and oxygen atoms in total. The number of aliphatic carboxylic acids is 1. The van der Waals surface area contributed by atoms with Crippen LogP contribution >= 0.6 is 34.0 Å². The number of nitrogens with zero attached hydrogens (tertiary/aromatic N) is 1. The lowest BCUT2D eigenvalue weighted by atomic mass is 9.96. The Morgan fingerprint density at radius 1 is 1.47 bits per heavy atom. The van der Waals surface area contributed by atoms with Gasteiger partial charge in [-0.2, -0.15) is 0 Å². The van der Waals surface area contributed by atoms with Gasteiger partial charge in [-0.1, -0.05) is 6.07 Å². The lowest BCUT2D eigenvalue weighted by molar-refractivity contribution is -0.701. The Bertz CT molecular complexity index is 463. The highest BCUT2D eigenvalue weighted by Gasteiger charge is 2.49. The van der Waals surface area contributed by atoms with E-state index >= 15 is 0 Å². The van der Waals surface area contributed by atoms with Crippen molar-refractivity contribution >= 4 is 45.8 Å². The minimum Gasteiger partial charge on any atom is -0.480 e. The predicted molar refractivity (Wildman–Crippen MR) is 79.5 cm³/mol. The fourth-order valence-corrected chi connectivity index (χ4v) is 1.96. The lowest BCUT2D eigenvalue weighted by Gasteiger charge is -2.16. The Balaban J connectivity index is 0. The smallest absolute Gasteiger partial charge is 0.480 e. The van der Waals surface area contributed by atoms with Gasteiger partial charge in [0.05, 0.1) is 0 Å². The summed E-state index contributed by atoms with van der Waals surface area (Å²) in [6.07, 6.45) is 3.68. The topological polar surface area (TPSA) is 96.3 Å². The number of aromatic nitrogens is 1. The Kier molecular flexibility index (Phi) is 6.61. The number of halogens is 2. The van der Waals surface area contributed by atoms with Crippen LogP contribution in [0.25, 0.3) is 0 Å². The summed E-state index contributed by atoms with van der Waals surface area (Å²) in [4.78, 5) is 22.5. The number of hydrogen-bond donors (Lipinski definition) is 3. The van der Waals surface area contributed by atoms with Gasteiger partial charge in [-0.05, 0) is 0 Å². The van der Waals surface area contributed by atoms with Crippen LogP contribution in [0.2, 0.25) is 0 Å². The van der Waals surface area contributed by atoms with E-state index in [0.717, 1.165) is 0 Å². The number of carboxylic acid groups (broad SMARTS) is 1. The Labute approximate surface area is 133 Å². The quantitative estimate of drug-likeness (QED) is 0.620. The van der Waals surface area contributed by atoms with E-state index in [1.807, 2.05) is 18.2 Å². The van der Waals surface area contributed by atoms with Gasteiger partial charge in [0, 0.05) is 18.6 Å². The number of nitrogens with one attached hydrogen (secondary N) is 1. The van der Waals surface area contributed by atoms with Crippen molar-refractivity contribution < 1.29 is 20.7 Å². The van der Waals surface area contributed by atoms with Gasteiger partial charge in [-0.3, -0.25) is 4.79 Å². The molecule has 1 aromatic rings. The third kappa shape index (κ3) is 3.99. The third-order valence-corrected chi connectivity index (χ3v) is 2.87. The van der Waals surface area contributed by atoms with Crippen molar-refractivity contribution in [1.29, 1.82) is 0 Å². The van der Waals surface area contributed by atoms with Gasteiger partial charge in [0.25, 0.3) is 0 Å². The molecule has 1 amide bonds. The molecule has 1 aromatic heterocycles. The van der Waals surface area contributed by atoms with E-state index in [1.165, 1.54) is 0 Å². The molecule has 0 bridgehead atoms. The second-order valence-corrected chi connectivity index (χ2v) is 4.27. The van der Waals surface area contributed by atoms with E-state index in [1.54, 1.807) is 17.0 Å². The van der Waals surface area contributed by atoms with Crippen molar-refractivity contribution in [1.82, 2.24) is 5.32 Å². The maximum atomic E-state index is 11.7. The van der Waals surface area contributed by atoms with Crippen LogP contribution in [0.15, 0.2) is 30.6 Å². The first-order valence-electron chi connectivity index (χ1n) is 5.28. The first-order valence-corrected chi connectivity index (χ1v) is 5.28. The van der Waals surface area contributed by atoms with E-state index in [4.69, 9.17) is 10.8 Å². The van der Waals surface area contributed by atoms with Crippen LogP contribution in [0, 0.1) is 0 Å². The van der Waals surface area contributed by atoms with Crippen molar-refractivity contribution in [2.45, 2.75) is 24.5 Å². The van der Waals surface area contributed by atoms with Crippen molar-refractivity contribution in [3.05, 3.63) is 30.6 Å². The second kappa shape index (κ2) is 6.97. The average Bonchev–Trinajstić information content (AvgIpc) is 2.57. The summed E-state index contributed by atoms with van der Waals surface area (Å²) >= 11 is 0. The summed E-state index contributed by atoms with van der Waals surface area (Å²) in [5.74, 6) is -1.47. The normalized spacial score (nSPS) is 24.9. The third-order valence-electron chi connectivity index (χ3n) is 2.87. The molecule has 8 heteroatoms. The Morgan fingerprint density at radius 2 is 2.05 bits per heavy atom. The summed E-state index contributed by atoms with van der Waals surface area (Å²) in [7, 11) is 0. The molecule has 2 heterocycles. The molecular weight excluding hydrogens is 382 g/mol. The molecule has 1 aliphatic heterocycles. The van der Waals surface area contributed by atoms with E-state index in [2.05, 4.69) is 5.32 Å². The number of rotatable bonds is 3. The van der Waals surface area contributed by atoms with Gasteiger partial charge in [-0.15, -0.1) is 34.0 Å². The van der Waals surface area contributed by atoms with Crippen LogP contribution in [0.5, 0.6) is 0 Å². The number of carboxylic acids is 1. The average molecular weight is 399 g/mol. The van der Waals surface area contributed by atoms with Gasteiger partial charge in [0.1, 0.15) is 6.04 Å². The fourth-order valence-electron chi connectivity index (χ4n) is 1.96. The van der Waals surface area contributed by atoms with Crippen LogP contribution in [-0.2, 0) is 16.1 Å². The molecule has 0 aliphatic carbocycles. The minimum atomic E-state index is -1.16. The highest BCUT2D eigenvalue weighted by atomic mass is 79.9. The van der Waals surface area contributed by atoms with Crippen LogP contribution in [0.1, 0.15) is 7.85 Å². The SMILES string of the molecule is Br.Br.NC1(C[n+]2ccccc2)CC(C(=O)O)NC1=O.[H+]. The van der Waals surface area contributed by atoms with E-state index in [9.17, 15) is 9.59 Å². The highest BCUT2D eigenvalue weighted by Crippen LogP contribution is 2.18.